The molecule has 1 saturated heterocycles. The molecule has 31 heavy (non-hydrogen) atoms. The van der Waals surface area contributed by atoms with E-state index in [0.717, 1.165) is 65.5 Å². The molecule has 0 N–H and O–H groups in total. The zero-order valence-corrected chi connectivity index (χ0v) is 18.1. The maximum absolute atomic E-state index is 9.09. The molecular weight excluding hydrogens is 392 g/mol. The van der Waals surface area contributed by atoms with E-state index in [4.69, 9.17) is 19.3 Å². The third kappa shape index (κ3) is 4.54. The van der Waals surface area contributed by atoms with E-state index in [-0.39, 0.29) is 5.92 Å². The number of nitriles is 1. The maximum Gasteiger partial charge on any atom is 0.221 e. The van der Waals surface area contributed by atoms with Gasteiger partial charge >= 0.3 is 0 Å². The Morgan fingerprint density at radius 2 is 2.10 bits per heavy atom. The SMILES string of the molecule is COc1ncccc1-c1ccc(OCCc2c(C)noc2C)c(CN2CC(C#N)C2)c1. The minimum absolute atomic E-state index is 0.116. The van der Waals surface area contributed by atoms with Crippen molar-refractivity contribution in [1.82, 2.24) is 15.0 Å². The first-order valence-electron chi connectivity index (χ1n) is 10.4. The molecule has 4 rings (SSSR count). The van der Waals surface area contributed by atoms with Gasteiger partial charge in [0.15, 0.2) is 0 Å². The van der Waals surface area contributed by atoms with Crippen molar-refractivity contribution in [3.05, 3.63) is 59.1 Å². The molecule has 2 aromatic heterocycles. The molecule has 160 valence electrons. The summed E-state index contributed by atoms with van der Waals surface area (Å²) in [5.74, 6) is 2.39. The molecular formula is C24H26N4O3. The summed E-state index contributed by atoms with van der Waals surface area (Å²) in [5.41, 5.74) is 5.04. The topological polar surface area (TPSA) is 84.4 Å². The Bertz CT molecular complexity index is 1080. The lowest BCUT2D eigenvalue weighted by molar-refractivity contribution is 0.125. The van der Waals surface area contributed by atoms with E-state index in [9.17, 15) is 0 Å². The van der Waals surface area contributed by atoms with E-state index in [1.54, 1.807) is 13.3 Å². The molecule has 0 atom stereocenters. The third-order valence-corrected chi connectivity index (χ3v) is 5.66. The number of methoxy groups -OCH3 is 1. The predicted octanol–water partition coefficient (Wildman–Crippen LogP) is 3.94. The van der Waals surface area contributed by atoms with Gasteiger partial charge in [0.05, 0.1) is 31.4 Å². The summed E-state index contributed by atoms with van der Waals surface area (Å²) < 4.78 is 16.9. The Morgan fingerprint density at radius 1 is 1.26 bits per heavy atom. The highest BCUT2D eigenvalue weighted by molar-refractivity contribution is 5.70. The Balaban J connectivity index is 1.55. The fourth-order valence-corrected chi connectivity index (χ4v) is 3.93. The molecule has 0 spiro atoms. The van der Waals surface area contributed by atoms with Gasteiger partial charge in [0.1, 0.15) is 11.5 Å². The van der Waals surface area contributed by atoms with Crippen molar-refractivity contribution in [2.75, 3.05) is 26.8 Å². The molecule has 1 aliphatic heterocycles. The molecule has 7 nitrogen and oxygen atoms in total. The molecule has 3 heterocycles. The van der Waals surface area contributed by atoms with Gasteiger partial charge in [0.2, 0.25) is 5.88 Å². The van der Waals surface area contributed by atoms with Crippen molar-refractivity contribution in [1.29, 1.82) is 5.26 Å². The van der Waals surface area contributed by atoms with Crippen LogP contribution in [0.25, 0.3) is 11.1 Å². The van der Waals surface area contributed by atoms with Crippen LogP contribution in [-0.4, -0.2) is 41.8 Å². The first-order valence-corrected chi connectivity index (χ1v) is 10.4. The summed E-state index contributed by atoms with van der Waals surface area (Å²) in [6.07, 6.45) is 2.45. The molecule has 1 fully saturated rings. The Morgan fingerprint density at radius 3 is 2.81 bits per heavy atom. The normalized spacial score (nSPS) is 14.1. The van der Waals surface area contributed by atoms with Crippen molar-refractivity contribution in [3.63, 3.8) is 0 Å². The van der Waals surface area contributed by atoms with Gasteiger partial charge in [-0.05, 0) is 43.7 Å². The van der Waals surface area contributed by atoms with Crippen molar-refractivity contribution in [3.8, 4) is 28.8 Å². The molecule has 7 heteroatoms. The van der Waals surface area contributed by atoms with Gasteiger partial charge in [-0.3, -0.25) is 4.90 Å². The summed E-state index contributed by atoms with van der Waals surface area (Å²) >= 11 is 0. The van der Waals surface area contributed by atoms with Crippen LogP contribution in [-0.2, 0) is 13.0 Å². The largest absolute Gasteiger partial charge is 0.493 e. The maximum atomic E-state index is 9.09. The van der Waals surface area contributed by atoms with Crippen LogP contribution in [0.1, 0.15) is 22.6 Å². The monoisotopic (exact) mass is 418 g/mol. The molecule has 0 bridgehead atoms. The summed E-state index contributed by atoms with van der Waals surface area (Å²) in [6.45, 7) is 6.71. The summed E-state index contributed by atoms with van der Waals surface area (Å²) in [4.78, 5) is 6.57. The molecule has 0 unspecified atom stereocenters. The number of aromatic nitrogens is 2. The van der Waals surface area contributed by atoms with Crippen LogP contribution in [0.15, 0.2) is 41.1 Å². The number of ether oxygens (including phenoxy) is 2. The number of hydrogen-bond acceptors (Lipinski definition) is 7. The standard InChI is InChI=1S/C24H26N4O3/c1-16-21(17(2)31-27-16)8-10-30-23-7-6-19(22-5-4-9-26-24(22)29-3)11-20(23)15-28-13-18(12-25)14-28/h4-7,9,11,18H,8,10,13-15H2,1-3H3. The fraction of sp³-hybridized carbons (Fsp3) is 0.375. The van der Waals surface area contributed by atoms with Gasteiger partial charge in [-0.1, -0.05) is 11.2 Å². The Kier molecular flexibility index (Phi) is 6.19. The molecule has 0 radical (unpaired) electrons. The second-order valence-electron chi connectivity index (χ2n) is 7.80. The quantitative estimate of drug-likeness (QED) is 0.548. The van der Waals surface area contributed by atoms with Crippen LogP contribution in [0.3, 0.4) is 0 Å². The minimum atomic E-state index is 0.116. The third-order valence-electron chi connectivity index (χ3n) is 5.66. The number of likely N-dealkylation sites (tertiary alicyclic amines) is 1. The lowest BCUT2D eigenvalue weighted by Crippen LogP contribution is -2.45. The smallest absolute Gasteiger partial charge is 0.221 e. The molecule has 0 amide bonds. The van der Waals surface area contributed by atoms with Gasteiger partial charge in [-0.2, -0.15) is 5.26 Å². The van der Waals surface area contributed by atoms with Crippen LogP contribution < -0.4 is 9.47 Å². The zero-order chi connectivity index (χ0) is 21.8. The van der Waals surface area contributed by atoms with E-state index < -0.39 is 0 Å². The van der Waals surface area contributed by atoms with Gasteiger partial charge in [0.25, 0.3) is 0 Å². The van der Waals surface area contributed by atoms with Crippen LogP contribution >= 0.6 is 0 Å². The van der Waals surface area contributed by atoms with E-state index in [1.807, 2.05) is 38.1 Å². The molecule has 1 aliphatic rings. The predicted molar refractivity (Wildman–Crippen MR) is 116 cm³/mol. The second-order valence-corrected chi connectivity index (χ2v) is 7.80. The molecule has 1 aromatic carbocycles. The van der Waals surface area contributed by atoms with E-state index >= 15 is 0 Å². The van der Waals surface area contributed by atoms with Crippen molar-refractivity contribution in [2.24, 2.45) is 5.92 Å². The van der Waals surface area contributed by atoms with Crippen LogP contribution in [0.4, 0.5) is 0 Å². The van der Waals surface area contributed by atoms with Gasteiger partial charge in [0, 0.05) is 48.9 Å². The van der Waals surface area contributed by atoms with Crippen molar-refractivity contribution < 1.29 is 14.0 Å². The summed E-state index contributed by atoms with van der Waals surface area (Å²) in [7, 11) is 1.63. The number of nitrogens with zero attached hydrogens (tertiary/aromatic N) is 4. The van der Waals surface area contributed by atoms with E-state index in [1.165, 1.54) is 0 Å². The summed E-state index contributed by atoms with van der Waals surface area (Å²) in [6, 6.07) is 12.4. The lowest BCUT2D eigenvalue weighted by Gasteiger charge is -2.35. The average Bonchev–Trinajstić information content (AvgIpc) is 3.08. The first-order chi connectivity index (χ1) is 15.1. The minimum Gasteiger partial charge on any atom is -0.493 e. The van der Waals surface area contributed by atoms with Crippen LogP contribution in [0, 0.1) is 31.1 Å². The number of hydrogen-bond donors (Lipinski definition) is 0. The zero-order valence-electron chi connectivity index (χ0n) is 18.1. The van der Waals surface area contributed by atoms with Crippen LogP contribution in [0.5, 0.6) is 11.6 Å². The van der Waals surface area contributed by atoms with Crippen molar-refractivity contribution in [2.45, 2.75) is 26.8 Å². The Labute approximate surface area is 182 Å². The molecule has 0 aliphatic carbocycles. The van der Waals surface area contributed by atoms with Gasteiger partial charge < -0.3 is 14.0 Å². The highest BCUT2D eigenvalue weighted by atomic mass is 16.5. The number of rotatable bonds is 8. The fourth-order valence-electron chi connectivity index (χ4n) is 3.93. The second kappa shape index (κ2) is 9.19. The van der Waals surface area contributed by atoms with E-state index in [2.05, 4.69) is 27.2 Å². The number of aryl methyl sites for hydroxylation is 2. The number of benzene rings is 1. The van der Waals surface area contributed by atoms with Crippen molar-refractivity contribution >= 4 is 0 Å². The highest BCUT2D eigenvalue weighted by Crippen LogP contribution is 2.33. The number of pyridine rings is 1. The van der Waals surface area contributed by atoms with E-state index in [0.29, 0.717) is 12.5 Å². The Hall–Kier alpha value is -3.37. The van der Waals surface area contributed by atoms with Gasteiger partial charge in [-0.25, -0.2) is 4.98 Å². The van der Waals surface area contributed by atoms with Crippen LogP contribution in [0.2, 0.25) is 0 Å². The first kappa shape index (κ1) is 20.9. The lowest BCUT2D eigenvalue weighted by atomic mass is 9.99. The average molecular weight is 418 g/mol. The van der Waals surface area contributed by atoms with Gasteiger partial charge in [-0.15, -0.1) is 0 Å². The summed E-state index contributed by atoms with van der Waals surface area (Å²) in [5, 5.41) is 13.1. The molecule has 3 aromatic rings. The molecule has 0 saturated carbocycles. The highest BCUT2D eigenvalue weighted by Gasteiger charge is 2.27.